The van der Waals surface area contributed by atoms with Crippen molar-refractivity contribution < 1.29 is 9.66 Å². The van der Waals surface area contributed by atoms with Crippen molar-refractivity contribution in [1.82, 2.24) is 0 Å². The molecule has 0 heterocycles. The Morgan fingerprint density at radius 1 is 1.47 bits per heavy atom. The number of rotatable bonds is 8. The first-order valence-corrected chi connectivity index (χ1v) is 6.19. The number of unbranched alkanes of at least 4 members (excludes halogenated alkanes) is 1. The van der Waals surface area contributed by atoms with E-state index in [1.54, 1.807) is 12.1 Å². The Morgan fingerprint density at radius 2 is 2.26 bits per heavy atom. The van der Waals surface area contributed by atoms with Gasteiger partial charge in [-0.15, -0.1) is 0 Å². The maximum atomic E-state index is 10.9. The highest BCUT2D eigenvalue weighted by Crippen LogP contribution is 2.24. The van der Waals surface area contributed by atoms with Crippen LogP contribution in [0.5, 0.6) is 0 Å². The number of ether oxygens (including phenoxy) is 1. The number of benzene rings is 1. The maximum Gasteiger partial charge on any atom is 0.293 e. The first-order valence-electron chi connectivity index (χ1n) is 6.19. The Morgan fingerprint density at radius 3 is 2.89 bits per heavy atom. The van der Waals surface area contributed by atoms with Crippen LogP contribution in [0.1, 0.15) is 25.3 Å². The van der Waals surface area contributed by atoms with E-state index in [2.05, 4.69) is 12.2 Å². The van der Waals surface area contributed by atoms with Gasteiger partial charge in [0.15, 0.2) is 0 Å². The molecule has 0 radical (unpaired) electrons. The van der Waals surface area contributed by atoms with Gasteiger partial charge in [-0.2, -0.15) is 5.26 Å². The minimum Gasteiger partial charge on any atom is -0.380 e. The van der Waals surface area contributed by atoms with Crippen LogP contribution in [0, 0.1) is 21.4 Å². The van der Waals surface area contributed by atoms with Gasteiger partial charge in [0.1, 0.15) is 5.69 Å². The largest absolute Gasteiger partial charge is 0.380 e. The van der Waals surface area contributed by atoms with Crippen molar-refractivity contribution in [2.75, 3.05) is 25.1 Å². The highest BCUT2D eigenvalue weighted by atomic mass is 16.6. The zero-order chi connectivity index (χ0) is 14.1. The molecule has 0 amide bonds. The van der Waals surface area contributed by atoms with Gasteiger partial charge in [-0.3, -0.25) is 10.1 Å². The average molecular weight is 263 g/mol. The molecule has 6 heteroatoms. The van der Waals surface area contributed by atoms with E-state index in [9.17, 15) is 10.1 Å². The molecule has 0 aliphatic rings. The fraction of sp³-hybridized carbons (Fsp3) is 0.462. The fourth-order valence-electron chi connectivity index (χ4n) is 1.51. The minimum atomic E-state index is -0.499. The lowest BCUT2D eigenvalue weighted by atomic mass is 10.2. The summed E-state index contributed by atoms with van der Waals surface area (Å²) < 4.78 is 5.36. The summed E-state index contributed by atoms with van der Waals surface area (Å²) in [5, 5.41) is 22.6. The number of nitro groups is 1. The molecule has 0 bridgehead atoms. The Bertz CT molecular complexity index is 469. The molecule has 0 spiro atoms. The molecule has 1 N–H and O–H groups in total. The smallest absolute Gasteiger partial charge is 0.293 e. The Labute approximate surface area is 112 Å². The minimum absolute atomic E-state index is 0.0902. The first kappa shape index (κ1) is 14.9. The molecule has 1 rings (SSSR count). The van der Waals surface area contributed by atoms with E-state index in [1.165, 1.54) is 6.07 Å². The molecule has 0 fully saturated rings. The number of nitriles is 1. The molecule has 1 aromatic rings. The van der Waals surface area contributed by atoms with E-state index >= 15 is 0 Å². The van der Waals surface area contributed by atoms with Gasteiger partial charge >= 0.3 is 0 Å². The summed E-state index contributed by atoms with van der Waals surface area (Å²) in [5.41, 5.74) is 0.590. The normalized spacial score (nSPS) is 9.89. The van der Waals surface area contributed by atoms with Gasteiger partial charge in [0, 0.05) is 19.2 Å². The quantitative estimate of drug-likeness (QED) is 0.442. The van der Waals surface area contributed by atoms with Gasteiger partial charge in [0.2, 0.25) is 0 Å². The number of nitro benzene ring substituents is 1. The van der Waals surface area contributed by atoms with Crippen LogP contribution in [0.25, 0.3) is 0 Å². The molecular weight excluding hydrogens is 246 g/mol. The first-order chi connectivity index (χ1) is 9.19. The predicted molar refractivity (Wildman–Crippen MR) is 72.0 cm³/mol. The van der Waals surface area contributed by atoms with Crippen LogP contribution in [-0.2, 0) is 4.74 Å². The van der Waals surface area contributed by atoms with Crippen LogP contribution in [0.4, 0.5) is 11.4 Å². The zero-order valence-corrected chi connectivity index (χ0v) is 10.9. The molecule has 6 nitrogen and oxygen atoms in total. The summed E-state index contributed by atoms with van der Waals surface area (Å²) >= 11 is 0. The lowest BCUT2D eigenvalue weighted by molar-refractivity contribution is -0.384. The number of nitrogens with one attached hydrogen (secondary N) is 1. The molecule has 0 saturated heterocycles. The second-order valence-corrected chi connectivity index (χ2v) is 3.99. The molecule has 0 aliphatic heterocycles. The Kier molecular flexibility index (Phi) is 6.33. The molecule has 0 unspecified atom stereocenters. The summed E-state index contributed by atoms with van der Waals surface area (Å²) in [6.45, 7) is 3.78. The van der Waals surface area contributed by atoms with Crippen LogP contribution in [0.3, 0.4) is 0 Å². The summed E-state index contributed by atoms with van der Waals surface area (Å²) in [6.07, 6.45) is 2.09. The van der Waals surface area contributed by atoms with Gasteiger partial charge in [-0.25, -0.2) is 0 Å². The van der Waals surface area contributed by atoms with Crippen LogP contribution >= 0.6 is 0 Å². The van der Waals surface area contributed by atoms with Gasteiger partial charge in [-0.1, -0.05) is 13.3 Å². The van der Waals surface area contributed by atoms with Crippen molar-refractivity contribution in [3.05, 3.63) is 33.9 Å². The zero-order valence-electron chi connectivity index (χ0n) is 10.9. The third-order valence-corrected chi connectivity index (χ3v) is 2.53. The van der Waals surface area contributed by atoms with E-state index in [-0.39, 0.29) is 11.3 Å². The van der Waals surface area contributed by atoms with Gasteiger partial charge < -0.3 is 10.1 Å². The average Bonchev–Trinajstić information content (AvgIpc) is 2.42. The highest BCUT2D eigenvalue weighted by Gasteiger charge is 2.13. The van der Waals surface area contributed by atoms with Crippen LogP contribution in [0.15, 0.2) is 18.2 Å². The van der Waals surface area contributed by atoms with Crippen molar-refractivity contribution in [3.8, 4) is 6.07 Å². The van der Waals surface area contributed by atoms with Crippen molar-refractivity contribution in [1.29, 1.82) is 5.26 Å². The predicted octanol–water partition coefficient (Wildman–Crippen LogP) is 2.70. The number of anilines is 1. The van der Waals surface area contributed by atoms with Crippen molar-refractivity contribution in [2.45, 2.75) is 19.8 Å². The second kappa shape index (κ2) is 8.06. The summed E-state index contributed by atoms with van der Waals surface area (Å²) in [7, 11) is 0. The van der Waals surface area contributed by atoms with Crippen molar-refractivity contribution in [3.63, 3.8) is 0 Å². The molecule has 0 aromatic heterocycles. The van der Waals surface area contributed by atoms with Gasteiger partial charge in [0.25, 0.3) is 5.69 Å². The molecule has 0 saturated carbocycles. The highest BCUT2D eigenvalue weighted by molar-refractivity contribution is 5.63. The fourth-order valence-corrected chi connectivity index (χ4v) is 1.51. The van der Waals surface area contributed by atoms with Crippen LogP contribution < -0.4 is 5.32 Å². The van der Waals surface area contributed by atoms with Gasteiger partial charge in [-0.05, 0) is 18.6 Å². The number of hydrogen-bond acceptors (Lipinski definition) is 5. The molecule has 1 aromatic carbocycles. The van der Waals surface area contributed by atoms with Gasteiger partial charge in [0.05, 0.1) is 23.2 Å². The molecular formula is C13H17N3O3. The lowest BCUT2D eigenvalue weighted by Crippen LogP contribution is -2.11. The molecule has 102 valence electrons. The lowest BCUT2D eigenvalue weighted by Gasteiger charge is -2.07. The second-order valence-electron chi connectivity index (χ2n) is 3.99. The monoisotopic (exact) mass is 263 g/mol. The SMILES string of the molecule is CCCCOCCNc1ccc(C#N)cc1[N+](=O)[O-]. The van der Waals surface area contributed by atoms with Crippen LogP contribution in [-0.4, -0.2) is 24.7 Å². The third-order valence-electron chi connectivity index (χ3n) is 2.53. The van der Waals surface area contributed by atoms with Crippen molar-refractivity contribution >= 4 is 11.4 Å². The molecule has 0 atom stereocenters. The summed E-state index contributed by atoms with van der Waals surface area (Å²) in [4.78, 5) is 10.4. The Hall–Kier alpha value is -2.13. The maximum absolute atomic E-state index is 10.9. The molecule has 0 aliphatic carbocycles. The van der Waals surface area contributed by atoms with E-state index in [0.717, 1.165) is 12.8 Å². The summed E-state index contributed by atoms with van der Waals surface area (Å²) in [6, 6.07) is 6.24. The molecule has 19 heavy (non-hydrogen) atoms. The number of hydrogen-bond donors (Lipinski definition) is 1. The van der Waals surface area contributed by atoms with Crippen LogP contribution in [0.2, 0.25) is 0 Å². The van der Waals surface area contributed by atoms with E-state index in [4.69, 9.17) is 10.00 Å². The third kappa shape index (κ3) is 4.94. The standard InChI is InChI=1S/C13H17N3O3/c1-2-3-7-19-8-6-15-12-5-4-11(10-14)9-13(12)16(17)18/h4-5,9,15H,2-3,6-8H2,1H3. The van der Waals surface area contributed by atoms with E-state index in [1.807, 2.05) is 6.07 Å². The Balaban J connectivity index is 2.53. The van der Waals surface area contributed by atoms with Crippen molar-refractivity contribution in [2.24, 2.45) is 0 Å². The summed E-state index contributed by atoms with van der Waals surface area (Å²) in [5.74, 6) is 0. The van der Waals surface area contributed by atoms with E-state index in [0.29, 0.717) is 25.4 Å². The number of nitrogens with zero attached hydrogens (tertiary/aromatic N) is 2. The topological polar surface area (TPSA) is 88.2 Å². The van der Waals surface area contributed by atoms with E-state index < -0.39 is 4.92 Å².